The number of ketones is 4. The first kappa shape index (κ1) is 47.4. The molecule has 14 unspecified atom stereocenters. The van der Waals surface area contributed by atoms with E-state index in [2.05, 4.69) is 27.0 Å². The maximum Gasteiger partial charge on any atom is 0.330 e. The largest absolute Gasteiger partial charge is 0.454 e. The van der Waals surface area contributed by atoms with Crippen molar-refractivity contribution in [3.63, 3.8) is 0 Å². The molecule has 0 aromatic heterocycles. The van der Waals surface area contributed by atoms with E-state index in [1.54, 1.807) is 12.2 Å². The molecule has 12 nitrogen and oxygen atoms in total. The van der Waals surface area contributed by atoms with Crippen LogP contribution in [0, 0.1) is 57.2 Å². The third-order valence-corrected chi connectivity index (χ3v) is 18.0. The highest BCUT2D eigenvalue weighted by Crippen LogP contribution is 2.69. The minimum absolute atomic E-state index is 0.0275. The van der Waals surface area contributed by atoms with Gasteiger partial charge in [-0.2, -0.15) is 0 Å². The summed E-state index contributed by atoms with van der Waals surface area (Å²) in [4.78, 5) is 70.0. The van der Waals surface area contributed by atoms with Gasteiger partial charge in [-0.15, -0.1) is 0 Å². The summed E-state index contributed by atoms with van der Waals surface area (Å²) >= 11 is 4.71. The van der Waals surface area contributed by atoms with Gasteiger partial charge in [0, 0.05) is 29.7 Å². The maximum atomic E-state index is 13.0. The van der Waals surface area contributed by atoms with Crippen LogP contribution < -0.4 is 0 Å². The lowest BCUT2D eigenvalue weighted by Gasteiger charge is -2.60. The van der Waals surface area contributed by atoms with Crippen LogP contribution in [0.2, 0.25) is 0 Å². The summed E-state index contributed by atoms with van der Waals surface area (Å²) in [6.45, 7) is 13.5. The highest BCUT2D eigenvalue weighted by Gasteiger charge is 2.70. The van der Waals surface area contributed by atoms with Crippen molar-refractivity contribution >= 4 is 45.9 Å². The quantitative estimate of drug-likeness (QED) is 0.126. The van der Waals surface area contributed by atoms with Crippen LogP contribution >= 0.6 is 11.6 Å². The van der Waals surface area contributed by atoms with Gasteiger partial charge in [-0.1, -0.05) is 52.0 Å². The first-order valence-electron chi connectivity index (χ1n) is 22.1. The van der Waals surface area contributed by atoms with Gasteiger partial charge in [-0.05, 0) is 153 Å². The van der Waals surface area contributed by atoms with Crippen LogP contribution in [-0.2, 0) is 33.5 Å². The van der Waals surface area contributed by atoms with E-state index in [0.717, 1.165) is 62.7 Å². The monoisotopic (exact) mass is 868 g/mol. The number of carbonyl (C=O) groups is 6. The van der Waals surface area contributed by atoms with Crippen molar-refractivity contribution in [3.05, 3.63) is 48.6 Å². The molecule has 8 aliphatic carbocycles. The molecule has 5 N–H and O–H groups in total. The van der Waals surface area contributed by atoms with Crippen molar-refractivity contribution in [1.82, 2.24) is 0 Å². The van der Waals surface area contributed by atoms with Crippen LogP contribution in [0.5, 0.6) is 0 Å². The van der Waals surface area contributed by atoms with Gasteiger partial charge in [-0.3, -0.25) is 24.0 Å². The predicted octanol–water partition coefficient (Wildman–Crippen LogP) is 5.24. The number of Topliss-reactive ketones (excluding diaryl/α,β-unsaturated/α-hetero) is 2. The number of fused-ring (bicyclic) bond motifs is 10. The Hall–Kier alpha value is -3.13. The molecule has 61 heavy (non-hydrogen) atoms. The van der Waals surface area contributed by atoms with Crippen LogP contribution in [0.1, 0.15) is 118 Å². The molecule has 0 spiro atoms. The molecule has 0 aliphatic heterocycles. The number of rotatable bonds is 7. The topological polar surface area (TPSA) is 213 Å². The number of aliphatic hydroxyl groups is 5. The molecule has 0 bridgehead atoms. The van der Waals surface area contributed by atoms with Crippen molar-refractivity contribution in [1.29, 1.82) is 0 Å². The Morgan fingerprint density at radius 2 is 1.11 bits per heavy atom. The fraction of sp³-hybridized carbons (Fsp3) is 0.708. The fourth-order valence-electron chi connectivity index (χ4n) is 14.7. The number of carbonyl (C=O) groups excluding carboxylic acids is 6. The Bertz CT molecular complexity index is 1920. The highest BCUT2D eigenvalue weighted by atomic mass is 35.5. The Balaban J connectivity index is 0.000000185. The van der Waals surface area contributed by atoms with Crippen LogP contribution in [0.25, 0.3) is 0 Å². The van der Waals surface area contributed by atoms with Crippen molar-refractivity contribution in [2.45, 2.75) is 141 Å². The van der Waals surface area contributed by atoms with Crippen LogP contribution in [0.3, 0.4) is 0 Å². The number of aliphatic hydroxyl groups excluding tert-OH is 3. The standard InChI is InChI=1S/C24H32O6.C21H30O5.C3H3ClO/c1-4-20(28)30-13-19(27)24(29)10-8-17-16-6-5-14-11-15(25)7-9-22(14,2)21(16)18(26)12-23(17,24)3;1-19-7-5-13(23)9-12(19)3-4-14-15-6-8-21(26,17(25)11-22)20(15,2)10-16(24)18(14)19;1-2-3(4)5/h4,11,16-18,21,26,29H,1,5-10,12-13H2,2-3H3;9,14-16,18,22,24,26H,3-8,10-11H2,1-2H3;2H,1H2. The van der Waals surface area contributed by atoms with Gasteiger partial charge in [0.05, 0.1) is 12.2 Å². The smallest absolute Gasteiger partial charge is 0.330 e. The molecule has 8 rings (SSSR count). The van der Waals surface area contributed by atoms with Gasteiger partial charge in [-0.25, -0.2) is 4.79 Å². The number of esters is 1. The van der Waals surface area contributed by atoms with Gasteiger partial charge in [0.2, 0.25) is 11.0 Å². The third-order valence-electron chi connectivity index (χ3n) is 17.8. The Kier molecular flexibility index (Phi) is 13.3. The molecule has 0 aromatic carbocycles. The highest BCUT2D eigenvalue weighted by molar-refractivity contribution is 6.66. The van der Waals surface area contributed by atoms with Gasteiger partial charge in [0.15, 0.2) is 24.0 Å². The Morgan fingerprint density at radius 3 is 1.49 bits per heavy atom. The number of hydrogen-bond donors (Lipinski definition) is 5. The lowest BCUT2D eigenvalue weighted by Crippen LogP contribution is -2.62. The van der Waals surface area contributed by atoms with Crippen LogP contribution in [0.15, 0.2) is 48.6 Å². The molecule has 14 atom stereocenters. The van der Waals surface area contributed by atoms with Crippen molar-refractivity contribution in [3.8, 4) is 0 Å². The molecule has 6 saturated carbocycles. The second-order valence-electron chi connectivity index (χ2n) is 20.3. The molecule has 13 heteroatoms. The van der Waals surface area contributed by atoms with Crippen molar-refractivity contribution < 1.29 is 59.0 Å². The van der Waals surface area contributed by atoms with E-state index in [-0.39, 0.29) is 57.9 Å². The molecule has 0 aromatic rings. The lowest BCUT2D eigenvalue weighted by molar-refractivity contribution is -0.184. The summed E-state index contributed by atoms with van der Waals surface area (Å²) in [7, 11) is 0. The molecule has 0 saturated heterocycles. The summed E-state index contributed by atoms with van der Waals surface area (Å²) in [6.07, 6.45) is 13.2. The van der Waals surface area contributed by atoms with Crippen LogP contribution in [0.4, 0.5) is 0 Å². The van der Waals surface area contributed by atoms with E-state index in [1.165, 1.54) is 5.57 Å². The normalized spacial score (nSPS) is 44.2. The van der Waals surface area contributed by atoms with E-state index in [0.29, 0.717) is 44.9 Å². The van der Waals surface area contributed by atoms with E-state index in [1.807, 2.05) is 13.8 Å². The average Bonchev–Trinajstić information content (AvgIpc) is 3.65. The number of ether oxygens (including phenoxy) is 1. The number of allylic oxidation sites excluding steroid dienone is 3. The molecule has 0 heterocycles. The van der Waals surface area contributed by atoms with Gasteiger partial charge < -0.3 is 30.3 Å². The molecule has 0 radical (unpaired) electrons. The summed E-state index contributed by atoms with van der Waals surface area (Å²) < 4.78 is 4.92. The second-order valence-corrected chi connectivity index (χ2v) is 20.6. The zero-order valence-corrected chi connectivity index (χ0v) is 36.9. The molecular formula is C48H65ClO12. The van der Waals surface area contributed by atoms with E-state index in [9.17, 15) is 54.3 Å². The summed E-state index contributed by atoms with van der Waals surface area (Å²) in [5, 5.41) is 54.0. The zero-order chi connectivity index (χ0) is 45.1. The van der Waals surface area contributed by atoms with E-state index >= 15 is 0 Å². The third kappa shape index (κ3) is 7.62. The van der Waals surface area contributed by atoms with Gasteiger partial charge in [0.25, 0.3) is 0 Å². The van der Waals surface area contributed by atoms with Crippen LogP contribution in [-0.4, -0.2) is 96.5 Å². The SMILES string of the molecule is C=CC(=O)Cl.C=CC(=O)OCC(=O)C1(O)CCC2C3CCC4=CC(=O)CCC4(C)C3C(O)CC21C.CC12CCC(=O)C=C1CCC1C2C(O)CC2(C)C1CCC2(O)C(=O)CO. The zero-order valence-electron chi connectivity index (χ0n) is 36.1. The molecular weight excluding hydrogens is 804 g/mol. The number of hydrogen-bond acceptors (Lipinski definition) is 12. The summed E-state index contributed by atoms with van der Waals surface area (Å²) in [5.74, 6) is -0.564. The second kappa shape index (κ2) is 17.1. The van der Waals surface area contributed by atoms with E-state index in [4.69, 9.17) is 16.3 Å². The fourth-order valence-corrected chi connectivity index (χ4v) is 14.7. The van der Waals surface area contributed by atoms with Crippen molar-refractivity contribution in [2.24, 2.45) is 57.2 Å². The maximum absolute atomic E-state index is 13.0. The predicted molar refractivity (Wildman–Crippen MR) is 225 cm³/mol. The van der Waals surface area contributed by atoms with Gasteiger partial charge in [0.1, 0.15) is 17.8 Å². The lowest BCUT2D eigenvalue weighted by atomic mass is 9.45. The van der Waals surface area contributed by atoms with E-state index < -0.39 is 70.2 Å². The molecule has 336 valence electrons. The summed E-state index contributed by atoms with van der Waals surface area (Å²) in [5.41, 5.74) is -2.67. The molecule has 8 aliphatic rings. The minimum atomic E-state index is -1.62. The summed E-state index contributed by atoms with van der Waals surface area (Å²) in [6, 6.07) is 0. The Morgan fingerprint density at radius 1 is 0.705 bits per heavy atom. The molecule has 0 amide bonds. The van der Waals surface area contributed by atoms with Gasteiger partial charge >= 0.3 is 5.97 Å². The minimum Gasteiger partial charge on any atom is -0.454 e. The first-order valence-corrected chi connectivity index (χ1v) is 22.5. The molecule has 6 fully saturated rings. The number of halogens is 1. The average molecular weight is 869 g/mol. The first-order chi connectivity index (χ1) is 28.5. The van der Waals surface area contributed by atoms with Crippen molar-refractivity contribution in [2.75, 3.05) is 13.2 Å². The Labute approximate surface area is 363 Å².